The first-order chi connectivity index (χ1) is 8.74. The Kier molecular flexibility index (Phi) is 4.87. The van der Waals surface area contributed by atoms with Crippen LogP contribution in [0.1, 0.15) is 46.0 Å². The Morgan fingerprint density at radius 3 is 2.44 bits per heavy atom. The van der Waals surface area contributed by atoms with Gasteiger partial charge in [-0.15, -0.1) is 0 Å². The molecule has 0 radical (unpaired) electrons. The third-order valence-corrected chi connectivity index (χ3v) is 4.10. The molecule has 0 bridgehead atoms. The molecular formula is C14H26N2O2. The van der Waals surface area contributed by atoms with Crippen molar-refractivity contribution < 1.29 is 9.53 Å². The van der Waals surface area contributed by atoms with Crippen LogP contribution in [0.15, 0.2) is 0 Å². The van der Waals surface area contributed by atoms with Crippen LogP contribution in [0.3, 0.4) is 0 Å². The van der Waals surface area contributed by atoms with Crippen LogP contribution in [-0.4, -0.2) is 42.8 Å². The molecule has 1 N–H and O–H groups in total. The summed E-state index contributed by atoms with van der Waals surface area (Å²) in [6.07, 6.45) is 5.98. The van der Waals surface area contributed by atoms with E-state index >= 15 is 0 Å². The van der Waals surface area contributed by atoms with E-state index in [1.54, 1.807) is 0 Å². The average Bonchev–Trinajstić information content (AvgIpc) is 3.21. The SMILES string of the molecule is CCOC(=O)N1CCC(NC(CC)C2CC2)CC1. The lowest BCUT2D eigenvalue weighted by molar-refractivity contribution is 0.0938. The van der Waals surface area contributed by atoms with Gasteiger partial charge in [0, 0.05) is 25.2 Å². The molecule has 1 unspecified atom stereocenters. The minimum Gasteiger partial charge on any atom is -0.450 e. The summed E-state index contributed by atoms with van der Waals surface area (Å²) < 4.78 is 5.03. The molecule has 1 heterocycles. The van der Waals surface area contributed by atoms with E-state index in [1.165, 1.54) is 19.3 Å². The molecule has 104 valence electrons. The molecule has 1 aliphatic carbocycles. The number of nitrogens with zero attached hydrogens (tertiary/aromatic N) is 1. The van der Waals surface area contributed by atoms with E-state index in [2.05, 4.69) is 12.2 Å². The normalized spacial score (nSPS) is 22.9. The number of carbonyl (C=O) groups is 1. The van der Waals surface area contributed by atoms with Crippen molar-refractivity contribution in [3.05, 3.63) is 0 Å². The Labute approximate surface area is 110 Å². The number of hydrogen-bond acceptors (Lipinski definition) is 3. The predicted octanol–water partition coefficient (Wildman–Crippen LogP) is 2.39. The molecule has 0 aromatic rings. The Bertz CT molecular complexity index is 271. The zero-order chi connectivity index (χ0) is 13.0. The highest BCUT2D eigenvalue weighted by atomic mass is 16.6. The molecule has 0 aromatic carbocycles. The fourth-order valence-corrected chi connectivity index (χ4v) is 2.83. The van der Waals surface area contributed by atoms with E-state index in [9.17, 15) is 4.79 Å². The van der Waals surface area contributed by atoms with Gasteiger partial charge >= 0.3 is 6.09 Å². The van der Waals surface area contributed by atoms with E-state index < -0.39 is 0 Å². The van der Waals surface area contributed by atoms with E-state index in [-0.39, 0.29) is 6.09 Å². The van der Waals surface area contributed by atoms with Crippen LogP contribution in [0, 0.1) is 5.92 Å². The quantitative estimate of drug-likeness (QED) is 0.819. The van der Waals surface area contributed by atoms with Gasteiger partial charge in [0.1, 0.15) is 0 Å². The van der Waals surface area contributed by atoms with Crippen LogP contribution in [0.25, 0.3) is 0 Å². The van der Waals surface area contributed by atoms with Crippen molar-refractivity contribution in [3.63, 3.8) is 0 Å². The zero-order valence-corrected chi connectivity index (χ0v) is 11.7. The smallest absolute Gasteiger partial charge is 0.409 e. The van der Waals surface area contributed by atoms with Gasteiger partial charge in [-0.25, -0.2) is 4.79 Å². The molecule has 4 nitrogen and oxygen atoms in total. The number of rotatable bonds is 5. The van der Waals surface area contributed by atoms with Crippen LogP contribution in [0.2, 0.25) is 0 Å². The lowest BCUT2D eigenvalue weighted by Crippen LogP contribution is -2.48. The van der Waals surface area contributed by atoms with Crippen LogP contribution < -0.4 is 5.32 Å². The minimum absolute atomic E-state index is 0.148. The molecule has 1 saturated carbocycles. The summed E-state index contributed by atoms with van der Waals surface area (Å²) in [5.41, 5.74) is 0. The maximum atomic E-state index is 11.6. The van der Waals surface area contributed by atoms with Gasteiger partial charge in [0.15, 0.2) is 0 Å². The molecule has 4 heteroatoms. The van der Waals surface area contributed by atoms with Crippen molar-refractivity contribution in [1.29, 1.82) is 0 Å². The van der Waals surface area contributed by atoms with Gasteiger partial charge in [0.05, 0.1) is 6.61 Å². The number of likely N-dealkylation sites (tertiary alicyclic amines) is 1. The lowest BCUT2D eigenvalue weighted by Gasteiger charge is -2.34. The van der Waals surface area contributed by atoms with Crippen molar-refractivity contribution in [2.24, 2.45) is 5.92 Å². The third kappa shape index (κ3) is 3.61. The Morgan fingerprint density at radius 2 is 1.94 bits per heavy atom. The first-order valence-corrected chi connectivity index (χ1v) is 7.42. The molecule has 1 atom stereocenters. The van der Waals surface area contributed by atoms with Crippen LogP contribution in [0.4, 0.5) is 4.79 Å². The van der Waals surface area contributed by atoms with Gasteiger partial charge in [-0.2, -0.15) is 0 Å². The first-order valence-electron chi connectivity index (χ1n) is 7.42. The fourth-order valence-electron chi connectivity index (χ4n) is 2.83. The van der Waals surface area contributed by atoms with E-state index in [1.807, 2.05) is 11.8 Å². The molecule has 0 aromatic heterocycles. The molecule has 18 heavy (non-hydrogen) atoms. The van der Waals surface area contributed by atoms with Crippen LogP contribution >= 0.6 is 0 Å². The molecule has 2 rings (SSSR count). The van der Waals surface area contributed by atoms with Gasteiger partial charge < -0.3 is 15.0 Å². The standard InChI is InChI=1S/C14H26N2O2/c1-3-13(11-5-6-11)15-12-7-9-16(10-8-12)14(17)18-4-2/h11-13,15H,3-10H2,1-2H3. The second-order valence-corrected chi connectivity index (χ2v) is 5.48. The van der Waals surface area contributed by atoms with Gasteiger partial charge in [-0.3, -0.25) is 0 Å². The highest BCUT2D eigenvalue weighted by Gasteiger charge is 2.32. The van der Waals surface area contributed by atoms with E-state index in [0.717, 1.165) is 31.8 Å². The summed E-state index contributed by atoms with van der Waals surface area (Å²) in [6.45, 7) is 6.25. The highest BCUT2D eigenvalue weighted by molar-refractivity contribution is 5.67. The minimum atomic E-state index is -0.148. The summed E-state index contributed by atoms with van der Waals surface area (Å²) in [4.78, 5) is 13.4. The Morgan fingerprint density at radius 1 is 1.28 bits per heavy atom. The van der Waals surface area contributed by atoms with Gasteiger partial charge in [0.25, 0.3) is 0 Å². The van der Waals surface area contributed by atoms with E-state index in [4.69, 9.17) is 4.74 Å². The Balaban J connectivity index is 1.70. The van der Waals surface area contributed by atoms with Crippen LogP contribution in [-0.2, 0) is 4.74 Å². The number of hydrogen-bond donors (Lipinski definition) is 1. The summed E-state index contributed by atoms with van der Waals surface area (Å²) in [7, 11) is 0. The van der Waals surface area contributed by atoms with Gasteiger partial charge in [-0.1, -0.05) is 6.92 Å². The fraction of sp³-hybridized carbons (Fsp3) is 0.929. The number of carbonyl (C=O) groups excluding carboxylic acids is 1. The van der Waals surface area contributed by atoms with Crippen molar-refractivity contribution in [2.45, 2.75) is 58.0 Å². The molecule has 2 aliphatic rings. The molecule has 1 amide bonds. The monoisotopic (exact) mass is 254 g/mol. The van der Waals surface area contributed by atoms with Crippen molar-refractivity contribution in [2.75, 3.05) is 19.7 Å². The summed E-state index contributed by atoms with van der Waals surface area (Å²) >= 11 is 0. The lowest BCUT2D eigenvalue weighted by atomic mass is 10.0. The van der Waals surface area contributed by atoms with Crippen molar-refractivity contribution in [1.82, 2.24) is 10.2 Å². The van der Waals surface area contributed by atoms with Crippen LogP contribution in [0.5, 0.6) is 0 Å². The maximum absolute atomic E-state index is 11.6. The van der Waals surface area contributed by atoms with E-state index in [0.29, 0.717) is 18.7 Å². The number of ether oxygens (including phenoxy) is 1. The van der Waals surface area contributed by atoms with Gasteiger partial charge in [-0.05, 0) is 44.9 Å². The summed E-state index contributed by atoms with van der Waals surface area (Å²) in [6, 6.07) is 1.28. The molecule has 0 spiro atoms. The van der Waals surface area contributed by atoms with Gasteiger partial charge in [0.2, 0.25) is 0 Å². The molecular weight excluding hydrogens is 228 g/mol. The number of piperidine rings is 1. The number of nitrogens with one attached hydrogen (secondary N) is 1. The largest absolute Gasteiger partial charge is 0.450 e. The second kappa shape index (κ2) is 6.41. The summed E-state index contributed by atoms with van der Waals surface area (Å²) in [5, 5.41) is 3.78. The van der Waals surface area contributed by atoms with Crippen molar-refractivity contribution in [3.8, 4) is 0 Å². The first kappa shape index (κ1) is 13.7. The Hall–Kier alpha value is -0.770. The average molecular weight is 254 g/mol. The predicted molar refractivity (Wildman–Crippen MR) is 71.6 cm³/mol. The molecule has 1 saturated heterocycles. The number of amides is 1. The third-order valence-electron chi connectivity index (χ3n) is 4.10. The topological polar surface area (TPSA) is 41.6 Å². The molecule has 2 fully saturated rings. The highest BCUT2D eigenvalue weighted by Crippen LogP contribution is 2.34. The van der Waals surface area contributed by atoms with Crippen molar-refractivity contribution >= 4 is 6.09 Å². The second-order valence-electron chi connectivity index (χ2n) is 5.48. The molecule has 1 aliphatic heterocycles. The summed E-state index contributed by atoms with van der Waals surface area (Å²) in [5.74, 6) is 0.915. The maximum Gasteiger partial charge on any atom is 0.409 e. The zero-order valence-electron chi connectivity index (χ0n) is 11.7.